The van der Waals surface area contributed by atoms with E-state index in [1.54, 1.807) is 11.3 Å². The first kappa shape index (κ1) is 14.3. The standard InChI is InChI=1S/C17H20N2OS/c1-14-4-2-3-5-15(14)12-18-7-9-19(10-8-18)17(20)16-6-11-21-13-16/h2-6,11,13H,7-10,12H2,1H3. The molecule has 1 aliphatic heterocycles. The van der Waals surface area contributed by atoms with Crippen molar-refractivity contribution in [2.75, 3.05) is 26.2 Å². The van der Waals surface area contributed by atoms with Crippen molar-refractivity contribution >= 4 is 17.2 Å². The third-order valence-electron chi connectivity index (χ3n) is 4.08. The number of hydrogen-bond donors (Lipinski definition) is 0. The highest BCUT2D eigenvalue weighted by atomic mass is 32.1. The summed E-state index contributed by atoms with van der Waals surface area (Å²) in [7, 11) is 0. The van der Waals surface area contributed by atoms with Gasteiger partial charge in [0.05, 0.1) is 5.56 Å². The molecule has 1 aromatic carbocycles. The number of thiophene rings is 1. The lowest BCUT2D eigenvalue weighted by atomic mass is 10.1. The van der Waals surface area contributed by atoms with Crippen molar-refractivity contribution in [2.24, 2.45) is 0 Å². The molecule has 4 heteroatoms. The smallest absolute Gasteiger partial charge is 0.254 e. The first-order chi connectivity index (χ1) is 10.2. The maximum absolute atomic E-state index is 12.3. The molecule has 0 saturated carbocycles. The summed E-state index contributed by atoms with van der Waals surface area (Å²) in [6, 6.07) is 10.4. The number of benzene rings is 1. The lowest BCUT2D eigenvalue weighted by molar-refractivity contribution is 0.0629. The van der Waals surface area contributed by atoms with Crippen LogP contribution in [0.25, 0.3) is 0 Å². The largest absolute Gasteiger partial charge is 0.336 e. The van der Waals surface area contributed by atoms with Crippen molar-refractivity contribution in [3.8, 4) is 0 Å². The monoisotopic (exact) mass is 300 g/mol. The van der Waals surface area contributed by atoms with Gasteiger partial charge in [-0.3, -0.25) is 9.69 Å². The van der Waals surface area contributed by atoms with Gasteiger partial charge in [0.2, 0.25) is 0 Å². The van der Waals surface area contributed by atoms with E-state index >= 15 is 0 Å². The van der Waals surface area contributed by atoms with Crippen molar-refractivity contribution in [1.82, 2.24) is 9.80 Å². The fourth-order valence-electron chi connectivity index (χ4n) is 2.71. The third-order valence-corrected chi connectivity index (χ3v) is 4.77. The second kappa shape index (κ2) is 6.41. The van der Waals surface area contributed by atoms with Crippen LogP contribution >= 0.6 is 11.3 Å². The number of nitrogens with zero attached hydrogens (tertiary/aromatic N) is 2. The minimum Gasteiger partial charge on any atom is -0.336 e. The average Bonchev–Trinajstić information content (AvgIpc) is 3.04. The van der Waals surface area contributed by atoms with E-state index in [0.29, 0.717) is 0 Å². The zero-order chi connectivity index (χ0) is 14.7. The third kappa shape index (κ3) is 3.34. The van der Waals surface area contributed by atoms with Crippen molar-refractivity contribution in [1.29, 1.82) is 0 Å². The van der Waals surface area contributed by atoms with Crippen molar-refractivity contribution in [3.63, 3.8) is 0 Å². The Morgan fingerprint density at radius 2 is 1.90 bits per heavy atom. The molecule has 3 rings (SSSR count). The molecule has 0 unspecified atom stereocenters. The van der Waals surface area contributed by atoms with Gasteiger partial charge in [-0.2, -0.15) is 11.3 Å². The highest BCUT2D eigenvalue weighted by Gasteiger charge is 2.22. The van der Waals surface area contributed by atoms with Crippen LogP contribution in [-0.4, -0.2) is 41.9 Å². The molecule has 2 aromatic rings. The lowest BCUT2D eigenvalue weighted by Gasteiger charge is -2.34. The highest BCUT2D eigenvalue weighted by Crippen LogP contribution is 2.15. The minimum absolute atomic E-state index is 0.173. The zero-order valence-electron chi connectivity index (χ0n) is 12.3. The fourth-order valence-corrected chi connectivity index (χ4v) is 3.34. The van der Waals surface area contributed by atoms with Gasteiger partial charge in [-0.25, -0.2) is 0 Å². The molecule has 2 heterocycles. The second-order valence-electron chi connectivity index (χ2n) is 5.51. The van der Waals surface area contributed by atoms with Crippen LogP contribution in [0.15, 0.2) is 41.1 Å². The normalized spacial score (nSPS) is 16.1. The van der Waals surface area contributed by atoms with Crippen LogP contribution in [0.3, 0.4) is 0 Å². The van der Waals surface area contributed by atoms with E-state index in [0.717, 1.165) is 38.3 Å². The Bertz CT molecular complexity index is 601. The molecule has 1 saturated heterocycles. The van der Waals surface area contributed by atoms with Gasteiger partial charge >= 0.3 is 0 Å². The van der Waals surface area contributed by atoms with E-state index in [2.05, 4.69) is 36.1 Å². The van der Waals surface area contributed by atoms with E-state index in [1.165, 1.54) is 11.1 Å². The first-order valence-corrected chi connectivity index (χ1v) is 8.26. The lowest BCUT2D eigenvalue weighted by Crippen LogP contribution is -2.48. The molecule has 0 bridgehead atoms. The molecule has 1 fully saturated rings. The van der Waals surface area contributed by atoms with Gasteiger partial charge in [0.1, 0.15) is 0 Å². The fraction of sp³-hybridized carbons (Fsp3) is 0.353. The summed E-state index contributed by atoms with van der Waals surface area (Å²) >= 11 is 1.58. The number of carbonyl (C=O) groups excluding carboxylic acids is 1. The summed E-state index contributed by atoms with van der Waals surface area (Å²) in [5.41, 5.74) is 3.55. The van der Waals surface area contributed by atoms with Crippen LogP contribution in [0.4, 0.5) is 0 Å². The quantitative estimate of drug-likeness (QED) is 0.870. The number of piperazine rings is 1. The number of rotatable bonds is 3. The summed E-state index contributed by atoms with van der Waals surface area (Å²) in [5, 5.41) is 3.89. The molecule has 21 heavy (non-hydrogen) atoms. The van der Waals surface area contributed by atoms with Gasteiger partial charge in [-0.1, -0.05) is 24.3 Å². The van der Waals surface area contributed by atoms with Gasteiger partial charge in [-0.15, -0.1) is 0 Å². The summed E-state index contributed by atoms with van der Waals surface area (Å²) < 4.78 is 0. The van der Waals surface area contributed by atoms with Gasteiger partial charge in [0, 0.05) is 38.1 Å². The zero-order valence-corrected chi connectivity index (χ0v) is 13.1. The topological polar surface area (TPSA) is 23.6 Å². The van der Waals surface area contributed by atoms with Crippen molar-refractivity contribution in [2.45, 2.75) is 13.5 Å². The molecule has 1 aliphatic rings. The predicted molar refractivity (Wildman–Crippen MR) is 86.7 cm³/mol. The molecule has 3 nitrogen and oxygen atoms in total. The number of aryl methyl sites for hydroxylation is 1. The Morgan fingerprint density at radius 3 is 2.57 bits per heavy atom. The van der Waals surface area contributed by atoms with Crippen LogP contribution in [0, 0.1) is 6.92 Å². The van der Waals surface area contributed by atoms with Crippen LogP contribution < -0.4 is 0 Å². The molecule has 1 aromatic heterocycles. The van der Waals surface area contributed by atoms with Crippen molar-refractivity contribution < 1.29 is 4.79 Å². The van der Waals surface area contributed by atoms with Crippen molar-refractivity contribution in [3.05, 3.63) is 57.8 Å². The number of hydrogen-bond acceptors (Lipinski definition) is 3. The van der Waals surface area contributed by atoms with E-state index in [9.17, 15) is 4.79 Å². The molecular weight excluding hydrogens is 280 g/mol. The van der Waals surface area contributed by atoms with Crippen LogP contribution in [0.1, 0.15) is 21.5 Å². The summed E-state index contributed by atoms with van der Waals surface area (Å²) in [5.74, 6) is 0.173. The van der Waals surface area contributed by atoms with Gasteiger partial charge in [-0.05, 0) is 29.5 Å². The molecule has 0 atom stereocenters. The summed E-state index contributed by atoms with van der Waals surface area (Å²) in [6.45, 7) is 6.67. The van der Waals surface area contributed by atoms with Crippen LogP contribution in [0.2, 0.25) is 0 Å². The molecule has 0 spiro atoms. The highest BCUT2D eigenvalue weighted by molar-refractivity contribution is 7.08. The first-order valence-electron chi connectivity index (χ1n) is 7.32. The molecule has 110 valence electrons. The summed E-state index contributed by atoms with van der Waals surface area (Å²) in [4.78, 5) is 16.7. The molecule has 1 amide bonds. The van der Waals surface area contributed by atoms with Crippen LogP contribution in [-0.2, 0) is 6.54 Å². The molecule has 0 N–H and O–H groups in total. The number of carbonyl (C=O) groups is 1. The van der Waals surface area contributed by atoms with E-state index in [-0.39, 0.29) is 5.91 Å². The Hall–Kier alpha value is -1.65. The maximum atomic E-state index is 12.3. The van der Waals surface area contributed by atoms with E-state index in [1.807, 2.05) is 21.7 Å². The Kier molecular flexibility index (Phi) is 4.36. The van der Waals surface area contributed by atoms with E-state index < -0.39 is 0 Å². The van der Waals surface area contributed by atoms with Crippen LogP contribution in [0.5, 0.6) is 0 Å². The predicted octanol–water partition coefficient (Wildman–Crippen LogP) is 3.01. The van der Waals surface area contributed by atoms with Gasteiger partial charge in [0.25, 0.3) is 5.91 Å². The Labute approximate surface area is 129 Å². The summed E-state index contributed by atoms with van der Waals surface area (Å²) in [6.07, 6.45) is 0. The number of amides is 1. The molecule has 0 aliphatic carbocycles. The average molecular weight is 300 g/mol. The van der Waals surface area contributed by atoms with E-state index in [4.69, 9.17) is 0 Å². The molecule has 0 radical (unpaired) electrons. The Balaban J connectivity index is 1.56. The SMILES string of the molecule is Cc1ccccc1CN1CCN(C(=O)c2ccsc2)CC1. The minimum atomic E-state index is 0.173. The second-order valence-corrected chi connectivity index (χ2v) is 6.29. The Morgan fingerprint density at radius 1 is 1.14 bits per heavy atom. The van der Waals surface area contributed by atoms with Gasteiger partial charge < -0.3 is 4.90 Å². The van der Waals surface area contributed by atoms with Gasteiger partial charge in [0.15, 0.2) is 0 Å². The maximum Gasteiger partial charge on any atom is 0.254 e. The molecular formula is C17H20N2OS.